The van der Waals surface area contributed by atoms with Crippen LogP contribution in [0.3, 0.4) is 0 Å². The van der Waals surface area contributed by atoms with Gasteiger partial charge in [-0.1, -0.05) is 12.8 Å². The topological polar surface area (TPSA) is 118 Å². The zero-order chi connectivity index (χ0) is 13.1. The average molecular weight is 265 g/mol. The molecule has 0 heterocycles. The summed E-state index contributed by atoms with van der Waals surface area (Å²) in [6.07, 6.45) is 3.41. The molecule has 0 aromatic rings. The van der Waals surface area contributed by atoms with Gasteiger partial charge in [-0.25, -0.2) is 0 Å². The summed E-state index contributed by atoms with van der Waals surface area (Å²) in [5, 5.41) is 8.68. The standard InChI is InChI=1S/C10H19NO5S/c11-9(10(12)13)5-7-1-3-8(4-2-7)6-17(14,15)16/h7-9H,1-6,11H2,(H,12,13)(H,14,15,16)/t7?,8?,9-/m1/s1. The number of carbonyl (C=O) groups is 1. The van der Waals surface area contributed by atoms with Gasteiger partial charge in [0.2, 0.25) is 0 Å². The van der Waals surface area contributed by atoms with Crippen LogP contribution in [0.4, 0.5) is 0 Å². The zero-order valence-corrected chi connectivity index (χ0v) is 10.4. The second-order valence-corrected chi connectivity index (χ2v) is 6.31. The van der Waals surface area contributed by atoms with Crippen LogP contribution in [-0.2, 0) is 14.9 Å². The summed E-state index contributed by atoms with van der Waals surface area (Å²) >= 11 is 0. The summed E-state index contributed by atoms with van der Waals surface area (Å²) in [5.41, 5.74) is 5.45. The third kappa shape index (κ3) is 5.47. The number of carboxylic acid groups (broad SMARTS) is 1. The van der Waals surface area contributed by atoms with E-state index < -0.39 is 22.1 Å². The Morgan fingerprint density at radius 2 is 1.71 bits per heavy atom. The van der Waals surface area contributed by atoms with E-state index in [1.165, 1.54) is 0 Å². The molecule has 6 nitrogen and oxygen atoms in total. The van der Waals surface area contributed by atoms with Crippen molar-refractivity contribution >= 4 is 16.1 Å². The fourth-order valence-electron chi connectivity index (χ4n) is 2.39. The number of aliphatic carboxylic acids is 1. The lowest BCUT2D eigenvalue weighted by atomic mass is 9.80. The van der Waals surface area contributed by atoms with E-state index in [9.17, 15) is 13.2 Å². The predicted molar refractivity (Wildman–Crippen MR) is 62.1 cm³/mol. The Bertz CT molecular complexity index is 359. The summed E-state index contributed by atoms with van der Waals surface area (Å²) in [7, 11) is -3.90. The Morgan fingerprint density at radius 1 is 1.24 bits per heavy atom. The molecule has 0 unspecified atom stereocenters. The van der Waals surface area contributed by atoms with Gasteiger partial charge in [0, 0.05) is 0 Å². The molecule has 1 saturated carbocycles. The third-order valence-corrected chi connectivity index (χ3v) is 4.21. The Kier molecular flexibility index (Phi) is 4.91. The van der Waals surface area contributed by atoms with Crippen LogP contribution in [-0.4, -0.2) is 35.8 Å². The van der Waals surface area contributed by atoms with E-state index in [-0.39, 0.29) is 17.6 Å². The normalized spacial score (nSPS) is 27.6. The van der Waals surface area contributed by atoms with Gasteiger partial charge in [0.05, 0.1) is 5.75 Å². The molecule has 17 heavy (non-hydrogen) atoms. The number of rotatable bonds is 5. The number of nitrogens with two attached hydrogens (primary N) is 1. The highest BCUT2D eigenvalue weighted by molar-refractivity contribution is 7.85. The molecule has 0 aromatic carbocycles. The molecule has 0 bridgehead atoms. The third-order valence-electron chi connectivity index (χ3n) is 3.32. The number of hydrogen-bond acceptors (Lipinski definition) is 4. The Morgan fingerprint density at radius 3 is 2.12 bits per heavy atom. The van der Waals surface area contributed by atoms with Crippen molar-refractivity contribution in [2.75, 3.05) is 5.75 Å². The van der Waals surface area contributed by atoms with Crippen LogP contribution in [0, 0.1) is 11.8 Å². The van der Waals surface area contributed by atoms with Crippen molar-refractivity contribution in [2.45, 2.75) is 38.1 Å². The van der Waals surface area contributed by atoms with E-state index in [4.69, 9.17) is 15.4 Å². The smallest absolute Gasteiger partial charge is 0.320 e. The van der Waals surface area contributed by atoms with Gasteiger partial charge in [-0.3, -0.25) is 9.35 Å². The zero-order valence-electron chi connectivity index (χ0n) is 9.58. The monoisotopic (exact) mass is 265 g/mol. The van der Waals surface area contributed by atoms with Crippen LogP contribution in [0.25, 0.3) is 0 Å². The fraction of sp³-hybridized carbons (Fsp3) is 0.900. The summed E-state index contributed by atoms with van der Waals surface area (Å²) < 4.78 is 30.1. The highest BCUT2D eigenvalue weighted by Crippen LogP contribution is 2.31. The molecule has 1 atom stereocenters. The summed E-state index contributed by atoms with van der Waals surface area (Å²) in [4.78, 5) is 10.6. The van der Waals surface area contributed by atoms with Crippen molar-refractivity contribution in [3.63, 3.8) is 0 Å². The van der Waals surface area contributed by atoms with Crippen molar-refractivity contribution in [2.24, 2.45) is 17.6 Å². The first kappa shape index (κ1) is 14.4. The van der Waals surface area contributed by atoms with Crippen LogP contribution in [0.1, 0.15) is 32.1 Å². The van der Waals surface area contributed by atoms with E-state index in [2.05, 4.69) is 0 Å². The largest absolute Gasteiger partial charge is 0.480 e. The molecular weight excluding hydrogens is 246 g/mol. The molecule has 0 amide bonds. The first-order valence-electron chi connectivity index (χ1n) is 5.71. The van der Waals surface area contributed by atoms with Gasteiger partial charge >= 0.3 is 5.97 Å². The summed E-state index contributed by atoms with van der Waals surface area (Å²) in [5.74, 6) is -0.948. The Balaban J connectivity index is 2.33. The first-order valence-corrected chi connectivity index (χ1v) is 7.32. The van der Waals surface area contributed by atoms with Crippen LogP contribution in [0.5, 0.6) is 0 Å². The molecule has 0 aromatic heterocycles. The molecule has 1 aliphatic carbocycles. The average Bonchev–Trinajstić information content (AvgIpc) is 2.18. The fourth-order valence-corrected chi connectivity index (χ4v) is 3.32. The lowest BCUT2D eigenvalue weighted by Gasteiger charge is -2.28. The maximum absolute atomic E-state index is 10.7. The van der Waals surface area contributed by atoms with Crippen molar-refractivity contribution in [3.8, 4) is 0 Å². The molecule has 1 rings (SSSR count). The van der Waals surface area contributed by atoms with Gasteiger partial charge in [0.25, 0.3) is 10.1 Å². The Labute approximate surface area is 101 Å². The molecule has 0 saturated heterocycles. The van der Waals surface area contributed by atoms with E-state index >= 15 is 0 Å². The van der Waals surface area contributed by atoms with E-state index in [1.54, 1.807) is 0 Å². The van der Waals surface area contributed by atoms with E-state index in [1.807, 2.05) is 0 Å². The number of hydrogen-bond donors (Lipinski definition) is 3. The van der Waals surface area contributed by atoms with Crippen LogP contribution < -0.4 is 5.73 Å². The minimum absolute atomic E-state index is 0.0118. The lowest BCUT2D eigenvalue weighted by molar-refractivity contribution is -0.139. The molecule has 0 spiro atoms. The minimum atomic E-state index is -3.90. The van der Waals surface area contributed by atoms with Crippen molar-refractivity contribution in [1.82, 2.24) is 0 Å². The van der Waals surface area contributed by atoms with Gasteiger partial charge < -0.3 is 10.8 Å². The van der Waals surface area contributed by atoms with Gasteiger partial charge in [-0.15, -0.1) is 0 Å². The van der Waals surface area contributed by atoms with E-state index in [0.29, 0.717) is 19.3 Å². The molecule has 7 heteroatoms. The van der Waals surface area contributed by atoms with Gasteiger partial charge in [-0.05, 0) is 31.1 Å². The quantitative estimate of drug-likeness (QED) is 0.622. The SMILES string of the molecule is N[C@H](CC1CCC(CS(=O)(=O)O)CC1)C(=O)O. The predicted octanol–water partition coefficient (Wildman–Crippen LogP) is 0.483. The molecule has 4 N–H and O–H groups in total. The van der Waals surface area contributed by atoms with Gasteiger partial charge in [0.1, 0.15) is 6.04 Å². The van der Waals surface area contributed by atoms with Crippen molar-refractivity contribution in [3.05, 3.63) is 0 Å². The maximum Gasteiger partial charge on any atom is 0.320 e. The van der Waals surface area contributed by atoms with Crippen LogP contribution in [0.15, 0.2) is 0 Å². The molecule has 100 valence electrons. The molecule has 0 aliphatic heterocycles. The van der Waals surface area contributed by atoms with Gasteiger partial charge in [-0.2, -0.15) is 8.42 Å². The molecule has 1 aliphatic rings. The van der Waals surface area contributed by atoms with Crippen molar-refractivity contribution in [1.29, 1.82) is 0 Å². The molecule has 1 fully saturated rings. The highest BCUT2D eigenvalue weighted by atomic mass is 32.2. The maximum atomic E-state index is 10.7. The van der Waals surface area contributed by atoms with Gasteiger partial charge in [0.15, 0.2) is 0 Å². The number of carboxylic acids is 1. The second-order valence-electron chi connectivity index (χ2n) is 4.82. The first-order chi connectivity index (χ1) is 7.78. The van der Waals surface area contributed by atoms with E-state index in [0.717, 1.165) is 12.8 Å². The summed E-state index contributed by atoms with van der Waals surface area (Å²) in [6, 6.07) is -0.835. The van der Waals surface area contributed by atoms with Crippen molar-refractivity contribution < 1.29 is 22.9 Å². The van der Waals surface area contributed by atoms with Crippen LogP contribution in [0.2, 0.25) is 0 Å². The summed E-state index contributed by atoms with van der Waals surface area (Å²) in [6.45, 7) is 0. The lowest BCUT2D eigenvalue weighted by Crippen LogP contribution is -2.33. The highest BCUT2D eigenvalue weighted by Gasteiger charge is 2.27. The molecule has 0 radical (unpaired) electrons. The minimum Gasteiger partial charge on any atom is -0.480 e. The Hall–Kier alpha value is -0.660. The molecular formula is C10H19NO5S. The van der Waals surface area contributed by atoms with Crippen LogP contribution >= 0.6 is 0 Å². The second kappa shape index (κ2) is 5.79.